The van der Waals surface area contributed by atoms with Gasteiger partial charge in [-0.1, -0.05) is 13.0 Å². The van der Waals surface area contributed by atoms with E-state index in [4.69, 9.17) is 4.74 Å². The Morgan fingerprint density at radius 2 is 1.91 bits per heavy atom. The molecule has 4 rings (SSSR count). The van der Waals surface area contributed by atoms with Crippen LogP contribution in [0.25, 0.3) is 0 Å². The fraction of sp³-hybridized carbons (Fsp3) is 0.375. The fourth-order valence-corrected chi connectivity index (χ4v) is 4.03. The lowest BCUT2D eigenvalue weighted by molar-refractivity contribution is -0.134. The molecule has 0 radical (unpaired) electrons. The minimum Gasteiger partial charge on any atom is -0.478 e. The molecule has 0 aromatic heterocycles. The molecule has 2 aliphatic rings. The maximum Gasteiger partial charge on any atom is 0.268 e. The third-order valence-electron chi connectivity index (χ3n) is 5.78. The third-order valence-corrected chi connectivity index (χ3v) is 5.78. The van der Waals surface area contributed by atoms with Gasteiger partial charge in [0.15, 0.2) is 6.10 Å². The van der Waals surface area contributed by atoms with E-state index in [1.165, 1.54) is 23.1 Å². The smallest absolute Gasteiger partial charge is 0.268 e. The van der Waals surface area contributed by atoms with Crippen LogP contribution in [0.15, 0.2) is 42.5 Å². The highest BCUT2D eigenvalue weighted by Gasteiger charge is 2.35. The molecule has 2 aromatic carbocycles. The third kappa shape index (κ3) is 4.59. The van der Waals surface area contributed by atoms with E-state index < -0.39 is 17.8 Å². The first kappa shape index (κ1) is 21.8. The normalized spacial score (nSPS) is 18.1. The molecule has 0 saturated carbocycles. The molecule has 2 aliphatic heterocycles. The first-order valence-corrected chi connectivity index (χ1v) is 10.9. The molecular formula is C24H26FN3O4. The van der Waals surface area contributed by atoms with Gasteiger partial charge in [-0.3, -0.25) is 19.3 Å². The lowest BCUT2D eigenvalue weighted by Gasteiger charge is -2.36. The zero-order valence-electron chi connectivity index (χ0n) is 18.0. The Balaban J connectivity index is 1.58. The van der Waals surface area contributed by atoms with Crippen LogP contribution in [-0.4, -0.2) is 48.4 Å². The van der Waals surface area contributed by atoms with E-state index in [1.807, 2.05) is 6.92 Å². The standard InChI is InChI=1S/C24H26FN3O4/c1-2-20-24(31)28(15-22(29)27-11-4-3-5-12-27)19-14-18(9-10-21(19)32-20)26-23(30)16-7-6-8-17(25)13-16/h6-10,13-14,20H,2-5,11-12,15H2,1H3,(H,26,30). The maximum atomic E-state index is 13.5. The van der Waals surface area contributed by atoms with Crippen LogP contribution >= 0.6 is 0 Å². The largest absolute Gasteiger partial charge is 0.478 e. The van der Waals surface area contributed by atoms with Crippen molar-refractivity contribution in [1.29, 1.82) is 0 Å². The van der Waals surface area contributed by atoms with Gasteiger partial charge in [0.1, 0.15) is 18.1 Å². The number of carbonyl (C=O) groups excluding carboxylic acids is 3. The average molecular weight is 439 g/mol. The molecule has 1 unspecified atom stereocenters. The average Bonchev–Trinajstić information content (AvgIpc) is 2.81. The summed E-state index contributed by atoms with van der Waals surface area (Å²) in [5, 5.41) is 2.72. The highest BCUT2D eigenvalue weighted by Crippen LogP contribution is 2.37. The molecular weight excluding hydrogens is 413 g/mol. The molecule has 1 saturated heterocycles. The topological polar surface area (TPSA) is 79.0 Å². The number of rotatable bonds is 5. The Kier molecular flexibility index (Phi) is 6.39. The molecule has 0 aliphatic carbocycles. The highest BCUT2D eigenvalue weighted by molar-refractivity contribution is 6.07. The van der Waals surface area contributed by atoms with E-state index in [1.54, 1.807) is 23.1 Å². The van der Waals surface area contributed by atoms with Crippen molar-refractivity contribution in [2.75, 3.05) is 29.9 Å². The Morgan fingerprint density at radius 1 is 1.12 bits per heavy atom. The van der Waals surface area contributed by atoms with Crippen LogP contribution in [-0.2, 0) is 9.59 Å². The molecule has 7 nitrogen and oxygen atoms in total. The lowest BCUT2D eigenvalue weighted by atomic mass is 10.1. The Hall–Kier alpha value is -3.42. The van der Waals surface area contributed by atoms with Crippen molar-refractivity contribution in [3.8, 4) is 5.75 Å². The van der Waals surface area contributed by atoms with Gasteiger partial charge < -0.3 is 15.0 Å². The molecule has 1 N–H and O–H groups in total. The van der Waals surface area contributed by atoms with Gasteiger partial charge >= 0.3 is 0 Å². The first-order valence-electron chi connectivity index (χ1n) is 10.9. The summed E-state index contributed by atoms with van der Waals surface area (Å²) in [6.45, 7) is 3.18. The number of anilines is 2. The predicted molar refractivity (Wildman–Crippen MR) is 118 cm³/mol. The van der Waals surface area contributed by atoms with Crippen LogP contribution < -0.4 is 15.0 Å². The van der Waals surface area contributed by atoms with Crippen LogP contribution in [0.5, 0.6) is 5.75 Å². The molecule has 2 heterocycles. The molecule has 0 spiro atoms. The summed E-state index contributed by atoms with van der Waals surface area (Å²) in [5.74, 6) is -0.884. The number of amides is 3. The highest BCUT2D eigenvalue weighted by atomic mass is 19.1. The lowest BCUT2D eigenvalue weighted by Crippen LogP contribution is -2.51. The quantitative estimate of drug-likeness (QED) is 0.772. The van der Waals surface area contributed by atoms with Crippen LogP contribution in [0.2, 0.25) is 0 Å². The van der Waals surface area contributed by atoms with Gasteiger partial charge in [0.2, 0.25) is 5.91 Å². The van der Waals surface area contributed by atoms with Crippen molar-refractivity contribution in [3.05, 3.63) is 53.8 Å². The van der Waals surface area contributed by atoms with Crippen molar-refractivity contribution in [3.63, 3.8) is 0 Å². The number of hydrogen-bond donors (Lipinski definition) is 1. The van der Waals surface area contributed by atoms with Gasteiger partial charge in [0, 0.05) is 24.3 Å². The number of carbonyl (C=O) groups is 3. The summed E-state index contributed by atoms with van der Waals surface area (Å²) < 4.78 is 19.3. The van der Waals surface area contributed by atoms with E-state index in [0.29, 0.717) is 36.6 Å². The molecule has 8 heteroatoms. The van der Waals surface area contributed by atoms with E-state index in [2.05, 4.69) is 5.32 Å². The van der Waals surface area contributed by atoms with Gasteiger partial charge in [-0.05, 0) is 62.1 Å². The van der Waals surface area contributed by atoms with Crippen LogP contribution in [0, 0.1) is 5.82 Å². The number of halogens is 1. The molecule has 0 bridgehead atoms. The second-order valence-corrected chi connectivity index (χ2v) is 8.03. The minimum absolute atomic E-state index is 0.0764. The summed E-state index contributed by atoms with van der Waals surface area (Å²) in [5.41, 5.74) is 1.03. The summed E-state index contributed by atoms with van der Waals surface area (Å²) in [6.07, 6.45) is 2.85. The molecule has 2 aromatic rings. The van der Waals surface area contributed by atoms with Gasteiger partial charge in [-0.2, -0.15) is 0 Å². The number of benzene rings is 2. The van der Waals surface area contributed by atoms with Crippen molar-refractivity contribution < 1.29 is 23.5 Å². The number of likely N-dealkylation sites (tertiary alicyclic amines) is 1. The van der Waals surface area contributed by atoms with E-state index in [0.717, 1.165) is 25.3 Å². The molecule has 3 amide bonds. The Labute approximate surface area is 186 Å². The summed E-state index contributed by atoms with van der Waals surface area (Å²) in [6, 6.07) is 10.3. The number of fused-ring (bicyclic) bond motifs is 1. The second kappa shape index (κ2) is 9.38. The summed E-state index contributed by atoms with van der Waals surface area (Å²) in [7, 11) is 0. The van der Waals surface area contributed by atoms with Crippen molar-refractivity contribution in [2.24, 2.45) is 0 Å². The fourth-order valence-electron chi connectivity index (χ4n) is 4.03. The molecule has 168 valence electrons. The van der Waals surface area contributed by atoms with Gasteiger partial charge in [-0.15, -0.1) is 0 Å². The SMILES string of the molecule is CCC1Oc2ccc(NC(=O)c3cccc(F)c3)cc2N(CC(=O)N2CCCCC2)C1=O. The van der Waals surface area contributed by atoms with Gasteiger partial charge in [0.05, 0.1) is 5.69 Å². The number of hydrogen-bond acceptors (Lipinski definition) is 4. The molecule has 32 heavy (non-hydrogen) atoms. The predicted octanol–water partition coefficient (Wildman–Crippen LogP) is 3.59. The number of nitrogens with one attached hydrogen (secondary N) is 1. The number of nitrogens with zero attached hydrogens (tertiary/aromatic N) is 2. The maximum absolute atomic E-state index is 13.5. The zero-order chi connectivity index (χ0) is 22.7. The van der Waals surface area contributed by atoms with Crippen LogP contribution in [0.1, 0.15) is 43.0 Å². The molecule has 1 atom stereocenters. The Morgan fingerprint density at radius 3 is 2.62 bits per heavy atom. The van der Waals surface area contributed by atoms with Crippen LogP contribution in [0.3, 0.4) is 0 Å². The monoisotopic (exact) mass is 439 g/mol. The molecule has 1 fully saturated rings. The van der Waals surface area contributed by atoms with Gasteiger partial charge in [0.25, 0.3) is 11.8 Å². The van der Waals surface area contributed by atoms with E-state index in [-0.39, 0.29) is 23.9 Å². The second-order valence-electron chi connectivity index (χ2n) is 8.03. The zero-order valence-corrected chi connectivity index (χ0v) is 18.0. The first-order chi connectivity index (χ1) is 15.5. The van der Waals surface area contributed by atoms with Gasteiger partial charge in [-0.25, -0.2) is 4.39 Å². The van der Waals surface area contributed by atoms with Crippen molar-refractivity contribution in [2.45, 2.75) is 38.7 Å². The number of piperidine rings is 1. The summed E-state index contributed by atoms with van der Waals surface area (Å²) >= 11 is 0. The minimum atomic E-state index is -0.663. The van der Waals surface area contributed by atoms with Crippen molar-refractivity contribution in [1.82, 2.24) is 4.90 Å². The summed E-state index contributed by atoms with van der Waals surface area (Å²) in [4.78, 5) is 41.7. The van der Waals surface area contributed by atoms with E-state index >= 15 is 0 Å². The Bertz CT molecular complexity index is 1040. The number of ether oxygens (including phenoxy) is 1. The van der Waals surface area contributed by atoms with E-state index in [9.17, 15) is 18.8 Å². The van der Waals surface area contributed by atoms with Crippen LogP contribution in [0.4, 0.5) is 15.8 Å². The van der Waals surface area contributed by atoms with Crippen molar-refractivity contribution >= 4 is 29.1 Å².